The SMILES string of the molecule is c1ccc(-c2cccc3c2sc2c(N(c4ccc(-c5ccc6ccccc6c5)cc4)c4ccc(-c5cccc6c5oc5ccccc56)cc4)cccc23)cc1. The highest BCUT2D eigenvalue weighted by Crippen LogP contribution is 2.47. The number of furan rings is 1. The topological polar surface area (TPSA) is 16.4 Å². The Kier molecular flexibility index (Phi) is 7.39. The van der Waals surface area contributed by atoms with Crippen LogP contribution in [0.2, 0.25) is 0 Å². The molecule has 0 atom stereocenters. The highest BCUT2D eigenvalue weighted by molar-refractivity contribution is 7.27. The molecule has 0 bridgehead atoms. The third-order valence-electron chi connectivity index (χ3n) is 10.9. The summed E-state index contributed by atoms with van der Waals surface area (Å²) in [5.41, 5.74) is 12.3. The molecule has 0 fully saturated rings. The molecule has 9 aromatic carbocycles. The highest BCUT2D eigenvalue weighted by atomic mass is 32.1. The lowest BCUT2D eigenvalue weighted by molar-refractivity contribution is 0.670. The lowest BCUT2D eigenvalue weighted by Crippen LogP contribution is -2.10. The Balaban J connectivity index is 1.07. The summed E-state index contributed by atoms with van der Waals surface area (Å²) >= 11 is 1.88. The van der Waals surface area contributed by atoms with Crippen LogP contribution in [0.4, 0.5) is 17.1 Å². The zero-order valence-corrected chi connectivity index (χ0v) is 30.6. The number of rotatable bonds is 6. The predicted octanol–water partition coefficient (Wildman–Crippen LogP) is 15.6. The highest BCUT2D eigenvalue weighted by Gasteiger charge is 2.20. The summed E-state index contributed by atoms with van der Waals surface area (Å²) in [6.07, 6.45) is 0. The monoisotopic (exact) mass is 719 g/mol. The van der Waals surface area contributed by atoms with Crippen molar-refractivity contribution >= 4 is 81.3 Å². The van der Waals surface area contributed by atoms with Gasteiger partial charge in [0.1, 0.15) is 11.2 Å². The number of thiophene rings is 1. The van der Waals surface area contributed by atoms with Crippen molar-refractivity contribution in [1.29, 1.82) is 0 Å². The molecule has 0 spiro atoms. The first-order valence-electron chi connectivity index (χ1n) is 18.7. The van der Waals surface area contributed by atoms with E-state index < -0.39 is 0 Å². The summed E-state index contributed by atoms with van der Waals surface area (Å²) in [6, 6.07) is 72.1. The van der Waals surface area contributed by atoms with Gasteiger partial charge >= 0.3 is 0 Å². The van der Waals surface area contributed by atoms with Crippen molar-refractivity contribution in [1.82, 2.24) is 0 Å². The second-order valence-electron chi connectivity index (χ2n) is 14.1. The molecule has 0 aliphatic rings. The average Bonchev–Trinajstić information content (AvgIpc) is 3.84. The van der Waals surface area contributed by atoms with Crippen LogP contribution >= 0.6 is 11.3 Å². The first-order chi connectivity index (χ1) is 27.3. The molecule has 0 aliphatic heterocycles. The van der Waals surface area contributed by atoms with Crippen molar-refractivity contribution in [2.24, 2.45) is 0 Å². The smallest absolute Gasteiger partial charge is 0.143 e. The average molecular weight is 720 g/mol. The van der Waals surface area contributed by atoms with Gasteiger partial charge in [-0.25, -0.2) is 0 Å². The molecule has 0 saturated carbocycles. The van der Waals surface area contributed by atoms with Gasteiger partial charge in [0.15, 0.2) is 0 Å². The number of para-hydroxylation sites is 2. The van der Waals surface area contributed by atoms with Gasteiger partial charge in [0, 0.05) is 43.2 Å². The zero-order valence-electron chi connectivity index (χ0n) is 29.8. The maximum atomic E-state index is 6.44. The minimum Gasteiger partial charge on any atom is -0.455 e. The van der Waals surface area contributed by atoms with E-state index in [1.54, 1.807) is 0 Å². The summed E-state index contributed by atoms with van der Waals surface area (Å²) in [5.74, 6) is 0. The number of nitrogens with zero attached hydrogens (tertiary/aromatic N) is 1. The Morgan fingerprint density at radius 2 is 0.945 bits per heavy atom. The van der Waals surface area contributed by atoms with Crippen molar-refractivity contribution in [3.63, 3.8) is 0 Å². The fraction of sp³-hybridized carbons (Fsp3) is 0. The van der Waals surface area contributed by atoms with Gasteiger partial charge in [0.2, 0.25) is 0 Å². The zero-order chi connectivity index (χ0) is 36.3. The van der Waals surface area contributed by atoms with Crippen LogP contribution in [-0.2, 0) is 0 Å². The minimum absolute atomic E-state index is 0.909. The van der Waals surface area contributed by atoms with E-state index in [-0.39, 0.29) is 0 Å². The van der Waals surface area contributed by atoms with E-state index in [2.05, 4.69) is 193 Å². The van der Waals surface area contributed by atoms with Crippen LogP contribution in [0.15, 0.2) is 205 Å². The molecule has 0 radical (unpaired) electrons. The molecule has 2 heterocycles. The van der Waals surface area contributed by atoms with Gasteiger partial charge in [-0.05, 0) is 81.1 Å². The molecule has 11 rings (SSSR count). The third-order valence-corrected chi connectivity index (χ3v) is 12.2. The fourth-order valence-electron chi connectivity index (χ4n) is 8.19. The van der Waals surface area contributed by atoms with Gasteiger partial charge in [-0.15, -0.1) is 11.3 Å². The van der Waals surface area contributed by atoms with Crippen LogP contribution < -0.4 is 4.90 Å². The number of anilines is 3. The molecular formula is C52H33NOS. The van der Waals surface area contributed by atoms with Gasteiger partial charge < -0.3 is 9.32 Å². The summed E-state index contributed by atoms with van der Waals surface area (Å²) in [5, 5.41) is 7.32. The molecule has 3 heteroatoms. The maximum absolute atomic E-state index is 6.44. The second-order valence-corrected chi connectivity index (χ2v) is 15.1. The van der Waals surface area contributed by atoms with E-state index in [9.17, 15) is 0 Å². The van der Waals surface area contributed by atoms with Gasteiger partial charge in [0.05, 0.1) is 10.4 Å². The van der Waals surface area contributed by atoms with Crippen molar-refractivity contribution in [2.75, 3.05) is 4.90 Å². The van der Waals surface area contributed by atoms with E-state index in [0.717, 1.165) is 50.1 Å². The summed E-state index contributed by atoms with van der Waals surface area (Å²) in [7, 11) is 0. The number of hydrogen-bond donors (Lipinski definition) is 0. The van der Waals surface area contributed by atoms with Gasteiger partial charge in [-0.2, -0.15) is 0 Å². The molecule has 0 aliphatic carbocycles. The molecule has 2 aromatic heterocycles. The Labute approximate surface area is 322 Å². The van der Waals surface area contributed by atoms with Crippen LogP contribution in [0.3, 0.4) is 0 Å². The molecule has 258 valence electrons. The van der Waals surface area contributed by atoms with Crippen LogP contribution in [-0.4, -0.2) is 0 Å². The fourth-order valence-corrected chi connectivity index (χ4v) is 9.53. The largest absolute Gasteiger partial charge is 0.455 e. The summed E-state index contributed by atoms with van der Waals surface area (Å²) in [6.45, 7) is 0. The van der Waals surface area contributed by atoms with E-state index >= 15 is 0 Å². The van der Waals surface area contributed by atoms with Crippen LogP contribution in [0.5, 0.6) is 0 Å². The minimum atomic E-state index is 0.909. The van der Waals surface area contributed by atoms with Crippen molar-refractivity contribution in [3.8, 4) is 33.4 Å². The van der Waals surface area contributed by atoms with E-state index in [1.807, 2.05) is 23.5 Å². The molecule has 0 unspecified atom stereocenters. The van der Waals surface area contributed by atoms with Crippen molar-refractivity contribution in [3.05, 3.63) is 200 Å². The standard InChI is InChI=1S/C52H33NOS/c1-2-12-36(13-3-1)43-17-9-19-46-47-20-10-21-48(52(47)55-51(43)46)53(40-29-25-35(26-30-40)39-24-23-34-11-4-5-14-38(34)33-39)41-31-27-37(28-32-41)42-16-8-18-45-44-15-6-7-22-49(44)54-50(42)45/h1-33H. The van der Waals surface area contributed by atoms with Crippen LogP contribution in [0.1, 0.15) is 0 Å². The lowest BCUT2D eigenvalue weighted by atomic mass is 10.00. The van der Waals surface area contributed by atoms with Crippen molar-refractivity contribution < 1.29 is 4.42 Å². The second kappa shape index (κ2) is 12.9. The molecule has 55 heavy (non-hydrogen) atoms. The molecule has 2 nitrogen and oxygen atoms in total. The molecule has 0 N–H and O–H groups in total. The molecule has 0 amide bonds. The van der Waals surface area contributed by atoms with Crippen molar-refractivity contribution in [2.45, 2.75) is 0 Å². The van der Waals surface area contributed by atoms with Gasteiger partial charge in [0.25, 0.3) is 0 Å². The van der Waals surface area contributed by atoms with Crippen LogP contribution in [0, 0.1) is 0 Å². The third kappa shape index (κ3) is 5.32. The van der Waals surface area contributed by atoms with E-state index in [1.165, 1.54) is 53.2 Å². The maximum Gasteiger partial charge on any atom is 0.143 e. The number of fused-ring (bicyclic) bond motifs is 7. The Bertz CT molecular complexity index is 3190. The predicted molar refractivity (Wildman–Crippen MR) is 235 cm³/mol. The Hall–Kier alpha value is -6.94. The number of hydrogen-bond acceptors (Lipinski definition) is 3. The van der Waals surface area contributed by atoms with Gasteiger partial charge in [-0.1, -0.05) is 158 Å². The first-order valence-corrected chi connectivity index (χ1v) is 19.5. The van der Waals surface area contributed by atoms with Gasteiger partial charge in [-0.3, -0.25) is 0 Å². The molecular weight excluding hydrogens is 687 g/mol. The Morgan fingerprint density at radius 3 is 1.75 bits per heavy atom. The first kappa shape index (κ1) is 31.6. The number of benzene rings is 9. The Morgan fingerprint density at radius 1 is 0.364 bits per heavy atom. The quantitative estimate of drug-likeness (QED) is 0.170. The normalized spacial score (nSPS) is 11.6. The van der Waals surface area contributed by atoms with Crippen LogP contribution in [0.25, 0.3) is 86.3 Å². The summed E-state index contributed by atoms with van der Waals surface area (Å²) in [4.78, 5) is 2.41. The molecule has 0 saturated heterocycles. The van der Waals surface area contributed by atoms with E-state index in [0.29, 0.717) is 0 Å². The molecule has 11 aromatic rings. The lowest BCUT2D eigenvalue weighted by Gasteiger charge is -2.26. The van der Waals surface area contributed by atoms with E-state index in [4.69, 9.17) is 4.42 Å². The summed E-state index contributed by atoms with van der Waals surface area (Å²) < 4.78 is 9.00.